The number of ether oxygens (including phenoxy) is 1. The molecule has 0 saturated carbocycles. The fourth-order valence-electron chi connectivity index (χ4n) is 2.50. The van der Waals surface area contributed by atoms with Crippen LogP contribution in [0.15, 0.2) is 12.4 Å². The minimum absolute atomic E-state index is 0.386. The van der Waals surface area contributed by atoms with Gasteiger partial charge in [0.25, 0.3) is 0 Å². The molecule has 5 nitrogen and oxygen atoms in total. The van der Waals surface area contributed by atoms with Gasteiger partial charge in [0.1, 0.15) is 12.1 Å². The third-order valence-corrected chi connectivity index (χ3v) is 3.53. The molecular formula is C14H24N4O. The van der Waals surface area contributed by atoms with E-state index in [0.29, 0.717) is 25.1 Å². The van der Waals surface area contributed by atoms with Crippen LogP contribution in [0.4, 0.5) is 5.82 Å². The summed E-state index contributed by atoms with van der Waals surface area (Å²) < 4.78 is 5.58. The Morgan fingerprint density at radius 3 is 3.05 bits per heavy atom. The lowest BCUT2D eigenvalue weighted by Crippen LogP contribution is -2.40. The summed E-state index contributed by atoms with van der Waals surface area (Å²) in [7, 11) is 0. The van der Waals surface area contributed by atoms with E-state index in [2.05, 4.69) is 21.8 Å². The van der Waals surface area contributed by atoms with Crippen LogP contribution in [0.2, 0.25) is 0 Å². The van der Waals surface area contributed by atoms with Crippen LogP contribution >= 0.6 is 0 Å². The fraction of sp³-hybridized carbons (Fsp3) is 0.714. The second-order valence-corrected chi connectivity index (χ2v) is 5.00. The molecular weight excluding hydrogens is 240 g/mol. The lowest BCUT2D eigenvalue weighted by molar-refractivity contribution is 0.304. The highest BCUT2D eigenvalue weighted by Gasteiger charge is 2.21. The van der Waals surface area contributed by atoms with Crippen LogP contribution in [-0.4, -0.2) is 35.7 Å². The summed E-state index contributed by atoms with van der Waals surface area (Å²) in [5, 5.41) is 0. The van der Waals surface area contributed by atoms with Gasteiger partial charge in [-0.1, -0.05) is 19.8 Å². The molecule has 2 heterocycles. The Morgan fingerprint density at radius 1 is 1.37 bits per heavy atom. The average Bonchev–Trinajstić information content (AvgIpc) is 2.70. The molecule has 1 aliphatic heterocycles. The van der Waals surface area contributed by atoms with Gasteiger partial charge < -0.3 is 15.4 Å². The Labute approximate surface area is 115 Å². The molecule has 0 radical (unpaired) electrons. The van der Waals surface area contributed by atoms with Gasteiger partial charge >= 0.3 is 0 Å². The molecule has 0 spiro atoms. The Bertz CT molecular complexity index is 385. The third kappa shape index (κ3) is 3.80. The molecule has 0 aromatic carbocycles. The van der Waals surface area contributed by atoms with Crippen LogP contribution in [0.25, 0.3) is 0 Å². The molecule has 1 aromatic rings. The first kappa shape index (κ1) is 14.1. The molecule has 2 rings (SSSR count). The quantitative estimate of drug-likeness (QED) is 0.881. The number of nitrogens with two attached hydrogens (primary N) is 1. The van der Waals surface area contributed by atoms with Gasteiger partial charge in [0.05, 0.1) is 6.61 Å². The lowest BCUT2D eigenvalue weighted by atomic mass is 10.1. The molecule has 1 fully saturated rings. The van der Waals surface area contributed by atoms with Crippen molar-refractivity contribution in [3.8, 4) is 5.88 Å². The summed E-state index contributed by atoms with van der Waals surface area (Å²) in [5.74, 6) is 1.60. The number of hydrogen-bond acceptors (Lipinski definition) is 5. The Kier molecular flexibility index (Phi) is 5.39. The zero-order valence-corrected chi connectivity index (χ0v) is 11.7. The van der Waals surface area contributed by atoms with Gasteiger partial charge in [-0.05, 0) is 19.3 Å². The number of nitrogens with zero attached hydrogens (tertiary/aromatic N) is 3. The van der Waals surface area contributed by atoms with Crippen LogP contribution in [0.5, 0.6) is 5.88 Å². The van der Waals surface area contributed by atoms with E-state index in [0.717, 1.165) is 25.2 Å². The molecule has 0 amide bonds. The van der Waals surface area contributed by atoms with Crippen molar-refractivity contribution < 1.29 is 4.74 Å². The largest absolute Gasteiger partial charge is 0.478 e. The van der Waals surface area contributed by atoms with E-state index in [4.69, 9.17) is 10.5 Å². The molecule has 0 aliphatic carbocycles. The van der Waals surface area contributed by atoms with Crippen molar-refractivity contribution in [2.75, 3.05) is 24.6 Å². The maximum absolute atomic E-state index is 5.90. The van der Waals surface area contributed by atoms with Crippen LogP contribution < -0.4 is 15.4 Å². The summed E-state index contributed by atoms with van der Waals surface area (Å²) in [6.07, 6.45) is 7.44. The molecule has 1 atom stereocenters. The number of hydrogen-bond donors (Lipinski definition) is 1. The third-order valence-electron chi connectivity index (χ3n) is 3.53. The van der Waals surface area contributed by atoms with E-state index < -0.39 is 0 Å². The summed E-state index contributed by atoms with van der Waals surface area (Å²) in [6, 6.07) is 2.32. The van der Waals surface area contributed by atoms with E-state index in [9.17, 15) is 0 Å². The van der Waals surface area contributed by atoms with Crippen molar-refractivity contribution >= 4 is 5.82 Å². The molecule has 5 heteroatoms. The molecule has 1 aliphatic rings. The van der Waals surface area contributed by atoms with Gasteiger partial charge in [-0.3, -0.25) is 0 Å². The highest BCUT2D eigenvalue weighted by atomic mass is 16.5. The predicted octanol–water partition coefficient (Wildman–Crippen LogP) is 1.97. The predicted molar refractivity (Wildman–Crippen MR) is 76.5 cm³/mol. The Balaban J connectivity index is 2.13. The molecule has 2 N–H and O–H groups in total. The monoisotopic (exact) mass is 264 g/mol. The second-order valence-electron chi connectivity index (χ2n) is 5.00. The van der Waals surface area contributed by atoms with Crippen LogP contribution in [0.3, 0.4) is 0 Å². The van der Waals surface area contributed by atoms with Crippen molar-refractivity contribution in [1.82, 2.24) is 9.97 Å². The highest BCUT2D eigenvalue weighted by molar-refractivity contribution is 5.42. The Hall–Kier alpha value is -1.36. The fourth-order valence-corrected chi connectivity index (χ4v) is 2.50. The van der Waals surface area contributed by atoms with Crippen molar-refractivity contribution in [2.24, 2.45) is 5.73 Å². The van der Waals surface area contributed by atoms with E-state index in [-0.39, 0.29) is 0 Å². The topological polar surface area (TPSA) is 64.3 Å². The van der Waals surface area contributed by atoms with Gasteiger partial charge in [0.15, 0.2) is 0 Å². The normalized spacial score (nSPS) is 20.1. The molecule has 106 valence electrons. The van der Waals surface area contributed by atoms with Gasteiger partial charge in [-0.25, -0.2) is 9.97 Å². The number of aromatic nitrogens is 2. The van der Waals surface area contributed by atoms with E-state index in [1.54, 1.807) is 6.33 Å². The molecule has 19 heavy (non-hydrogen) atoms. The summed E-state index contributed by atoms with van der Waals surface area (Å²) in [6.45, 7) is 4.47. The zero-order chi connectivity index (χ0) is 13.5. The minimum Gasteiger partial charge on any atom is -0.478 e. The molecule has 1 unspecified atom stereocenters. The summed E-state index contributed by atoms with van der Waals surface area (Å²) >= 11 is 0. The van der Waals surface area contributed by atoms with Crippen molar-refractivity contribution in [3.63, 3.8) is 0 Å². The van der Waals surface area contributed by atoms with E-state index in [1.807, 2.05) is 6.07 Å². The lowest BCUT2D eigenvalue weighted by Gasteiger charge is -2.30. The maximum Gasteiger partial charge on any atom is 0.218 e. The van der Waals surface area contributed by atoms with E-state index >= 15 is 0 Å². The van der Waals surface area contributed by atoms with Crippen LogP contribution in [0, 0.1) is 0 Å². The highest BCUT2D eigenvalue weighted by Crippen LogP contribution is 2.23. The average molecular weight is 264 g/mol. The Morgan fingerprint density at radius 2 is 2.26 bits per heavy atom. The van der Waals surface area contributed by atoms with Crippen LogP contribution in [0.1, 0.15) is 39.0 Å². The van der Waals surface area contributed by atoms with Gasteiger partial charge in [0, 0.05) is 25.2 Å². The molecule has 1 saturated heterocycles. The number of rotatable bonds is 5. The van der Waals surface area contributed by atoms with Crippen LogP contribution in [-0.2, 0) is 0 Å². The van der Waals surface area contributed by atoms with Gasteiger partial charge in [-0.2, -0.15) is 0 Å². The van der Waals surface area contributed by atoms with Gasteiger partial charge in [-0.15, -0.1) is 0 Å². The summed E-state index contributed by atoms with van der Waals surface area (Å²) in [5.41, 5.74) is 5.90. The van der Waals surface area contributed by atoms with Gasteiger partial charge in [0.2, 0.25) is 5.88 Å². The summed E-state index contributed by atoms with van der Waals surface area (Å²) in [4.78, 5) is 10.9. The van der Waals surface area contributed by atoms with Crippen molar-refractivity contribution in [3.05, 3.63) is 12.4 Å². The van der Waals surface area contributed by atoms with Crippen molar-refractivity contribution in [1.29, 1.82) is 0 Å². The van der Waals surface area contributed by atoms with Crippen molar-refractivity contribution in [2.45, 2.75) is 45.1 Å². The van der Waals surface area contributed by atoms with E-state index in [1.165, 1.54) is 19.3 Å². The SMILES string of the molecule is CCCOc1cc(N2CCCCCC2CN)ncn1. The minimum atomic E-state index is 0.386. The molecule has 0 bridgehead atoms. The first-order valence-corrected chi connectivity index (χ1v) is 7.26. The first-order valence-electron chi connectivity index (χ1n) is 7.26. The zero-order valence-electron chi connectivity index (χ0n) is 11.7. The molecule has 1 aromatic heterocycles. The second kappa shape index (κ2) is 7.28. The number of anilines is 1. The maximum atomic E-state index is 5.90. The smallest absolute Gasteiger partial charge is 0.218 e. The standard InChI is InChI=1S/C14H24N4O/c1-2-8-19-14-9-13(16-11-17-14)18-7-5-3-4-6-12(18)10-15/h9,11-12H,2-8,10,15H2,1H3. The first-order chi connectivity index (χ1) is 9.35.